The molecule has 11 nitrogen and oxygen atoms in total. The van der Waals surface area contributed by atoms with Crippen molar-refractivity contribution in [3.8, 4) is 0 Å². The maximum atomic E-state index is 12.3. The third-order valence-electron chi connectivity index (χ3n) is 4.59. The van der Waals surface area contributed by atoms with Crippen LogP contribution in [0.25, 0.3) is 5.78 Å². The minimum absolute atomic E-state index is 0.0850. The first-order valence-corrected chi connectivity index (χ1v) is 10.4. The Morgan fingerprint density at radius 1 is 1.26 bits per heavy atom. The molecule has 2 aromatic heterocycles. The van der Waals surface area contributed by atoms with E-state index in [1.54, 1.807) is 25.3 Å². The van der Waals surface area contributed by atoms with Crippen LogP contribution in [0, 0.1) is 30.9 Å². The molecule has 0 bridgehead atoms. The quantitative estimate of drug-likeness (QED) is 0.251. The van der Waals surface area contributed by atoms with E-state index >= 15 is 0 Å². The third kappa shape index (κ3) is 4.97. The Morgan fingerprint density at radius 3 is 2.68 bits per heavy atom. The van der Waals surface area contributed by atoms with Gasteiger partial charge in [-0.15, -0.1) is 5.10 Å². The van der Waals surface area contributed by atoms with Crippen LogP contribution < -0.4 is 5.32 Å². The van der Waals surface area contributed by atoms with E-state index in [1.165, 1.54) is 30.0 Å². The maximum Gasteiger partial charge on any atom is 0.310 e. The molecule has 0 saturated heterocycles. The van der Waals surface area contributed by atoms with Crippen molar-refractivity contribution in [3.63, 3.8) is 0 Å². The average molecular weight is 444 g/mol. The molecule has 12 heteroatoms. The molecule has 162 valence electrons. The molecule has 0 atom stereocenters. The van der Waals surface area contributed by atoms with E-state index in [4.69, 9.17) is 4.74 Å². The second-order valence-electron chi connectivity index (χ2n) is 6.72. The van der Waals surface area contributed by atoms with Crippen LogP contribution >= 0.6 is 11.8 Å². The highest BCUT2D eigenvalue weighted by Gasteiger charge is 2.18. The maximum absolute atomic E-state index is 12.3. The van der Waals surface area contributed by atoms with E-state index in [0.717, 1.165) is 0 Å². The first-order chi connectivity index (χ1) is 14.7. The Balaban J connectivity index is 1.63. The number of fused-ring (bicyclic) bond motifs is 1. The summed E-state index contributed by atoms with van der Waals surface area (Å²) in [6.45, 7) is 4.65. The number of aromatic nitrogens is 4. The molecule has 0 unspecified atom stereocenters. The lowest BCUT2D eigenvalue weighted by molar-refractivity contribution is -0.385. The monoisotopic (exact) mass is 444 g/mol. The number of amides is 1. The van der Waals surface area contributed by atoms with E-state index in [0.29, 0.717) is 33.4 Å². The zero-order chi connectivity index (χ0) is 22.7. The van der Waals surface area contributed by atoms with Gasteiger partial charge in [-0.05, 0) is 33.1 Å². The van der Waals surface area contributed by atoms with Gasteiger partial charge >= 0.3 is 5.97 Å². The zero-order valence-corrected chi connectivity index (χ0v) is 18.1. The topological polar surface area (TPSA) is 142 Å². The highest BCUT2D eigenvalue weighted by atomic mass is 32.2. The van der Waals surface area contributed by atoms with Gasteiger partial charge in [0.25, 0.3) is 17.4 Å². The summed E-state index contributed by atoms with van der Waals surface area (Å²) in [7, 11) is 0. The van der Waals surface area contributed by atoms with Gasteiger partial charge in [0, 0.05) is 34.3 Å². The van der Waals surface area contributed by atoms with Gasteiger partial charge in [-0.3, -0.25) is 19.7 Å². The predicted octanol–water partition coefficient (Wildman–Crippen LogP) is 2.40. The Morgan fingerprint density at radius 2 is 2.00 bits per heavy atom. The summed E-state index contributed by atoms with van der Waals surface area (Å²) >= 11 is 1.39. The van der Waals surface area contributed by atoms with Crippen LogP contribution in [0.3, 0.4) is 0 Å². The van der Waals surface area contributed by atoms with Crippen LogP contribution in [0.1, 0.15) is 22.5 Å². The van der Waals surface area contributed by atoms with E-state index in [1.807, 2.05) is 6.26 Å². The van der Waals surface area contributed by atoms with Gasteiger partial charge in [0.15, 0.2) is 6.61 Å². The summed E-state index contributed by atoms with van der Waals surface area (Å²) < 4.78 is 6.64. The molecular formula is C19H20N6O5S. The molecule has 0 spiro atoms. The summed E-state index contributed by atoms with van der Waals surface area (Å²) in [5.74, 6) is -0.764. The Bertz CT molecular complexity index is 1190. The van der Waals surface area contributed by atoms with Gasteiger partial charge < -0.3 is 10.1 Å². The number of aryl methyl sites for hydroxylation is 3. The summed E-state index contributed by atoms with van der Waals surface area (Å²) in [5.41, 5.74) is 2.59. The van der Waals surface area contributed by atoms with Crippen molar-refractivity contribution in [2.75, 3.05) is 18.2 Å². The van der Waals surface area contributed by atoms with Crippen molar-refractivity contribution in [3.05, 3.63) is 50.8 Å². The van der Waals surface area contributed by atoms with Gasteiger partial charge in [-0.25, -0.2) is 9.50 Å². The summed E-state index contributed by atoms with van der Waals surface area (Å²) in [6, 6.07) is 4.32. The van der Waals surface area contributed by atoms with Crippen LogP contribution in [0.4, 0.5) is 11.4 Å². The van der Waals surface area contributed by atoms with Gasteiger partial charge in [0.1, 0.15) is 0 Å². The number of hydrogen-bond donors (Lipinski definition) is 1. The van der Waals surface area contributed by atoms with Crippen molar-refractivity contribution in [2.45, 2.75) is 32.3 Å². The second kappa shape index (κ2) is 9.08. The number of carbonyl (C=O) groups excluding carboxylic acids is 2. The van der Waals surface area contributed by atoms with E-state index in [9.17, 15) is 19.7 Å². The molecule has 1 aromatic carbocycles. The molecule has 0 aliphatic rings. The molecule has 0 aliphatic heterocycles. The SMILES string of the molecule is CSc1nc2nc(C)c(CC(=O)OCC(=O)Nc3ccc(C)c([N+](=O)[O-])c3)c(C)n2n1. The van der Waals surface area contributed by atoms with Crippen LogP contribution in [0.2, 0.25) is 0 Å². The van der Waals surface area contributed by atoms with E-state index in [-0.39, 0.29) is 17.8 Å². The Kier molecular flexibility index (Phi) is 6.49. The van der Waals surface area contributed by atoms with Gasteiger partial charge in [-0.1, -0.05) is 17.8 Å². The van der Waals surface area contributed by atoms with Crippen molar-refractivity contribution in [1.82, 2.24) is 19.6 Å². The van der Waals surface area contributed by atoms with E-state index < -0.39 is 23.4 Å². The number of nitro benzene ring substituents is 1. The van der Waals surface area contributed by atoms with Crippen LogP contribution in [0.5, 0.6) is 0 Å². The smallest absolute Gasteiger partial charge is 0.310 e. The number of rotatable bonds is 7. The molecule has 3 aromatic rings. The van der Waals surface area contributed by atoms with Crippen LogP contribution in [0.15, 0.2) is 23.4 Å². The number of nitro groups is 1. The number of nitrogens with one attached hydrogen (secondary N) is 1. The molecule has 0 radical (unpaired) electrons. The number of carbonyl (C=O) groups is 2. The third-order valence-corrected chi connectivity index (χ3v) is 5.13. The molecule has 0 aliphatic carbocycles. The minimum Gasteiger partial charge on any atom is -0.455 e. The number of nitrogens with zero attached hydrogens (tertiary/aromatic N) is 5. The highest BCUT2D eigenvalue weighted by molar-refractivity contribution is 7.98. The lowest BCUT2D eigenvalue weighted by atomic mass is 10.1. The van der Waals surface area contributed by atoms with Crippen molar-refractivity contribution in [2.24, 2.45) is 0 Å². The van der Waals surface area contributed by atoms with Crippen LogP contribution in [-0.4, -0.2) is 49.2 Å². The number of benzene rings is 1. The molecule has 0 fully saturated rings. The Hall–Kier alpha value is -3.54. The number of anilines is 1. The molecule has 1 N–H and O–H groups in total. The predicted molar refractivity (Wildman–Crippen MR) is 113 cm³/mol. The number of esters is 1. The van der Waals surface area contributed by atoms with E-state index in [2.05, 4.69) is 20.4 Å². The molecule has 3 rings (SSSR count). The first kappa shape index (κ1) is 22.2. The van der Waals surface area contributed by atoms with Crippen molar-refractivity contribution < 1.29 is 19.2 Å². The molecule has 0 saturated carbocycles. The molecule has 2 heterocycles. The van der Waals surface area contributed by atoms with Gasteiger partial charge in [0.2, 0.25) is 5.16 Å². The Labute approximate surface area is 181 Å². The zero-order valence-electron chi connectivity index (χ0n) is 17.3. The second-order valence-corrected chi connectivity index (χ2v) is 7.49. The fourth-order valence-electron chi connectivity index (χ4n) is 2.95. The van der Waals surface area contributed by atoms with Gasteiger partial charge in [0.05, 0.1) is 11.3 Å². The largest absolute Gasteiger partial charge is 0.455 e. The normalized spacial score (nSPS) is 10.8. The summed E-state index contributed by atoms with van der Waals surface area (Å²) in [6.07, 6.45) is 1.77. The van der Waals surface area contributed by atoms with Crippen LogP contribution in [-0.2, 0) is 20.7 Å². The summed E-state index contributed by atoms with van der Waals surface area (Å²) in [5, 5.41) is 18.4. The molecule has 1 amide bonds. The van der Waals surface area contributed by atoms with Gasteiger partial charge in [-0.2, -0.15) is 4.98 Å². The minimum atomic E-state index is -0.609. The lowest BCUT2D eigenvalue weighted by Gasteiger charge is -2.10. The molecular weight excluding hydrogens is 424 g/mol. The average Bonchev–Trinajstić information content (AvgIpc) is 3.14. The lowest BCUT2D eigenvalue weighted by Crippen LogP contribution is -2.22. The molecule has 31 heavy (non-hydrogen) atoms. The fourth-order valence-corrected chi connectivity index (χ4v) is 3.29. The number of thioether (sulfide) groups is 1. The number of ether oxygens (including phenoxy) is 1. The first-order valence-electron chi connectivity index (χ1n) is 9.17. The standard InChI is InChI=1S/C19H20N6O5S/c1-10-5-6-13(7-15(10)25(28)29)21-16(26)9-30-17(27)8-14-11(2)20-18-22-19(31-4)23-24(18)12(14)3/h5-7H,8-9H2,1-4H3,(H,21,26). The summed E-state index contributed by atoms with van der Waals surface area (Å²) in [4.78, 5) is 43.5. The fraction of sp³-hybridized carbons (Fsp3) is 0.316. The number of hydrogen-bond acceptors (Lipinski definition) is 9. The highest BCUT2D eigenvalue weighted by Crippen LogP contribution is 2.22. The van der Waals surface area contributed by atoms with Crippen molar-refractivity contribution >= 4 is 40.8 Å². The van der Waals surface area contributed by atoms with Crippen molar-refractivity contribution in [1.29, 1.82) is 0 Å².